The zero-order valence-electron chi connectivity index (χ0n) is 7.06. The first-order valence-corrected chi connectivity index (χ1v) is 4.62. The van der Waals surface area contributed by atoms with Gasteiger partial charge in [0.15, 0.2) is 0 Å². The van der Waals surface area contributed by atoms with Gasteiger partial charge in [-0.1, -0.05) is 12.8 Å². The molecule has 0 aliphatic heterocycles. The third-order valence-corrected chi connectivity index (χ3v) is 3.27. The van der Waals surface area contributed by atoms with Gasteiger partial charge in [-0.2, -0.15) is 12.6 Å². The monoisotopic (exact) mass is 204 g/mol. The van der Waals surface area contributed by atoms with Crippen molar-refractivity contribution < 1.29 is 19.8 Å². The predicted octanol–water partition coefficient (Wildman–Crippen LogP) is 1.01. The molecule has 1 rings (SSSR count). The summed E-state index contributed by atoms with van der Waals surface area (Å²) in [5.74, 6) is -3.04. The standard InChI is InChI=1S/C8H12O4S/c9-6(10)5-3-1-2-4-8(5,13)7(11)12/h5,13H,1-4H2,(H,9,10)(H,11,12). The second kappa shape index (κ2) is 3.57. The Balaban J connectivity index is 2.89. The molecule has 0 spiro atoms. The number of carboxylic acids is 2. The molecule has 0 aromatic carbocycles. The number of thiol groups is 1. The van der Waals surface area contributed by atoms with Crippen LogP contribution in [0, 0.1) is 5.92 Å². The lowest BCUT2D eigenvalue weighted by Gasteiger charge is -2.33. The van der Waals surface area contributed by atoms with E-state index in [9.17, 15) is 9.59 Å². The summed E-state index contributed by atoms with van der Waals surface area (Å²) in [6, 6.07) is 0. The second-order valence-electron chi connectivity index (χ2n) is 3.37. The highest BCUT2D eigenvalue weighted by Crippen LogP contribution is 2.39. The van der Waals surface area contributed by atoms with E-state index in [4.69, 9.17) is 10.2 Å². The van der Waals surface area contributed by atoms with Crippen molar-refractivity contribution in [1.82, 2.24) is 0 Å². The third-order valence-electron chi connectivity index (χ3n) is 2.55. The van der Waals surface area contributed by atoms with E-state index in [0.29, 0.717) is 12.8 Å². The summed E-state index contributed by atoms with van der Waals surface area (Å²) >= 11 is 4.00. The molecule has 0 heterocycles. The van der Waals surface area contributed by atoms with Crippen LogP contribution in [-0.4, -0.2) is 26.9 Å². The molecule has 2 unspecified atom stereocenters. The van der Waals surface area contributed by atoms with Crippen molar-refractivity contribution in [1.29, 1.82) is 0 Å². The first-order valence-electron chi connectivity index (χ1n) is 4.17. The number of rotatable bonds is 2. The number of carbonyl (C=O) groups is 2. The van der Waals surface area contributed by atoms with E-state index in [0.717, 1.165) is 12.8 Å². The fourth-order valence-electron chi connectivity index (χ4n) is 1.74. The van der Waals surface area contributed by atoms with Crippen LogP contribution in [0.1, 0.15) is 25.7 Å². The molecule has 2 N–H and O–H groups in total. The number of aliphatic carboxylic acids is 2. The lowest BCUT2D eigenvalue weighted by molar-refractivity contribution is -0.153. The maximum atomic E-state index is 10.9. The van der Waals surface area contributed by atoms with Gasteiger partial charge in [-0.05, 0) is 12.8 Å². The molecular weight excluding hydrogens is 192 g/mol. The number of hydrogen-bond donors (Lipinski definition) is 3. The molecule has 2 atom stereocenters. The quantitative estimate of drug-likeness (QED) is 0.587. The molecule has 4 nitrogen and oxygen atoms in total. The topological polar surface area (TPSA) is 74.6 Å². The van der Waals surface area contributed by atoms with Crippen molar-refractivity contribution in [2.45, 2.75) is 30.4 Å². The Morgan fingerprint density at radius 1 is 1.31 bits per heavy atom. The molecule has 1 aliphatic rings. The van der Waals surface area contributed by atoms with E-state index in [2.05, 4.69) is 12.6 Å². The molecule has 0 aromatic heterocycles. The Labute approximate surface area is 81.4 Å². The van der Waals surface area contributed by atoms with Gasteiger partial charge in [-0.25, -0.2) is 0 Å². The van der Waals surface area contributed by atoms with Crippen LogP contribution < -0.4 is 0 Å². The Hall–Kier alpha value is -0.710. The lowest BCUT2D eigenvalue weighted by Crippen LogP contribution is -2.46. The largest absolute Gasteiger partial charge is 0.481 e. The SMILES string of the molecule is O=C(O)C1CCCCC1(S)C(=O)O. The fraction of sp³-hybridized carbons (Fsp3) is 0.750. The van der Waals surface area contributed by atoms with Crippen molar-refractivity contribution in [2.75, 3.05) is 0 Å². The molecule has 74 valence electrons. The van der Waals surface area contributed by atoms with E-state index < -0.39 is 22.6 Å². The molecule has 13 heavy (non-hydrogen) atoms. The van der Waals surface area contributed by atoms with Crippen molar-refractivity contribution in [3.05, 3.63) is 0 Å². The van der Waals surface area contributed by atoms with E-state index in [1.54, 1.807) is 0 Å². The second-order valence-corrected chi connectivity index (χ2v) is 4.16. The van der Waals surface area contributed by atoms with Gasteiger partial charge in [0.1, 0.15) is 4.75 Å². The summed E-state index contributed by atoms with van der Waals surface area (Å²) in [6.07, 6.45) is 2.25. The smallest absolute Gasteiger partial charge is 0.320 e. The maximum absolute atomic E-state index is 10.9. The van der Waals surface area contributed by atoms with Gasteiger partial charge in [-0.15, -0.1) is 0 Å². The molecule has 0 saturated heterocycles. The first kappa shape index (κ1) is 10.4. The van der Waals surface area contributed by atoms with Crippen LogP contribution in [0.15, 0.2) is 0 Å². The molecule has 0 bridgehead atoms. The molecule has 1 aliphatic carbocycles. The minimum absolute atomic E-state index is 0.336. The predicted molar refractivity (Wildman–Crippen MR) is 48.9 cm³/mol. The van der Waals surface area contributed by atoms with Crippen LogP contribution in [0.3, 0.4) is 0 Å². The Bertz CT molecular complexity index is 240. The zero-order chi connectivity index (χ0) is 10.1. The molecule has 1 saturated carbocycles. The van der Waals surface area contributed by atoms with E-state index in [-0.39, 0.29) is 0 Å². The van der Waals surface area contributed by atoms with E-state index in [1.165, 1.54) is 0 Å². The van der Waals surface area contributed by atoms with Gasteiger partial charge < -0.3 is 10.2 Å². The van der Waals surface area contributed by atoms with Gasteiger partial charge in [0.25, 0.3) is 0 Å². The average Bonchev–Trinajstić information content (AvgIpc) is 2.04. The van der Waals surface area contributed by atoms with Crippen molar-refractivity contribution in [3.63, 3.8) is 0 Å². The van der Waals surface area contributed by atoms with Gasteiger partial charge in [-0.3, -0.25) is 9.59 Å². The molecular formula is C8H12O4S. The number of hydrogen-bond acceptors (Lipinski definition) is 3. The molecule has 0 aromatic rings. The summed E-state index contributed by atoms with van der Waals surface area (Å²) in [6.45, 7) is 0. The van der Waals surface area contributed by atoms with Gasteiger partial charge in [0.2, 0.25) is 0 Å². The Morgan fingerprint density at radius 3 is 2.31 bits per heavy atom. The summed E-state index contributed by atoms with van der Waals surface area (Å²) in [5, 5.41) is 17.7. The molecule has 0 radical (unpaired) electrons. The lowest BCUT2D eigenvalue weighted by atomic mass is 9.78. The van der Waals surface area contributed by atoms with Crippen molar-refractivity contribution >= 4 is 24.6 Å². The normalized spacial score (nSPS) is 34.1. The van der Waals surface area contributed by atoms with Crippen molar-refractivity contribution in [2.24, 2.45) is 5.92 Å². The van der Waals surface area contributed by atoms with Crippen LogP contribution in [-0.2, 0) is 9.59 Å². The first-order chi connectivity index (χ1) is 5.98. The van der Waals surface area contributed by atoms with E-state index in [1.807, 2.05) is 0 Å². The molecule has 5 heteroatoms. The zero-order valence-corrected chi connectivity index (χ0v) is 7.96. The summed E-state index contributed by atoms with van der Waals surface area (Å²) in [4.78, 5) is 21.6. The van der Waals surface area contributed by atoms with Crippen LogP contribution in [0.4, 0.5) is 0 Å². The van der Waals surface area contributed by atoms with Crippen LogP contribution >= 0.6 is 12.6 Å². The van der Waals surface area contributed by atoms with E-state index >= 15 is 0 Å². The Kier molecular flexibility index (Phi) is 2.85. The summed E-state index contributed by atoms with van der Waals surface area (Å²) < 4.78 is -1.37. The highest BCUT2D eigenvalue weighted by Gasteiger charge is 2.48. The fourth-order valence-corrected chi connectivity index (χ4v) is 2.14. The highest BCUT2D eigenvalue weighted by molar-refractivity contribution is 7.82. The summed E-state index contributed by atoms with van der Waals surface area (Å²) in [5.41, 5.74) is 0. The highest BCUT2D eigenvalue weighted by atomic mass is 32.1. The van der Waals surface area contributed by atoms with Crippen molar-refractivity contribution in [3.8, 4) is 0 Å². The Morgan fingerprint density at radius 2 is 1.92 bits per heavy atom. The number of carboxylic acid groups (broad SMARTS) is 2. The van der Waals surface area contributed by atoms with Crippen LogP contribution in [0.5, 0.6) is 0 Å². The summed E-state index contributed by atoms with van der Waals surface area (Å²) in [7, 11) is 0. The third kappa shape index (κ3) is 1.80. The average molecular weight is 204 g/mol. The van der Waals surface area contributed by atoms with Gasteiger partial charge in [0, 0.05) is 0 Å². The maximum Gasteiger partial charge on any atom is 0.320 e. The minimum atomic E-state index is -1.37. The molecule has 1 fully saturated rings. The van der Waals surface area contributed by atoms with Crippen LogP contribution in [0.25, 0.3) is 0 Å². The van der Waals surface area contributed by atoms with Crippen LogP contribution in [0.2, 0.25) is 0 Å². The van der Waals surface area contributed by atoms with Gasteiger partial charge in [0.05, 0.1) is 5.92 Å². The van der Waals surface area contributed by atoms with Gasteiger partial charge >= 0.3 is 11.9 Å². The minimum Gasteiger partial charge on any atom is -0.481 e. The molecule has 0 amide bonds.